The maximum atomic E-state index is 11.9. The van der Waals surface area contributed by atoms with E-state index in [1.54, 1.807) is 25.3 Å². The normalized spacial score (nSPS) is 10.6. The number of ether oxygens (including phenoxy) is 1. The predicted octanol–water partition coefficient (Wildman–Crippen LogP) is 2.92. The summed E-state index contributed by atoms with van der Waals surface area (Å²) >= 11 is 0. The number of hydrogen-bond acceptors (Lipinski definition) is 2. The minimum atomic E-state index is -0.0722. The van der Waals surface area contributed by atoms with Crippen LogP contribution < -0.4 is 4.74 Å². The Bertz CT molecular complexity index is 527. The first-order chi connectivity index (χ1) is 8.31. The number of aromatic nitrogens is 1. The van der Waals surface area contributed by atoms with Gasteiger partial charge in [0.25, 0.3) is 0 Å². The molecule has 1 N–H and O–H groups in total. The number of H-pyrrole nitrogens is 1. The first-order valence-electron chi connectivity index (χ1n) is 5.30. The summed E-state index contributed by atoms with van der Waals surface area (Å²) in [6.07, 6.45) is 5.09. The van der Waals surface area contributed by atoms with Gasteiger partial charge in [0.05, 0.1) is 12.7 Å². The van der Waals surface area contributed by atoms with Crippen LogP contribution in [0, 0.1) is 0 Å². The second-order valence-electron chi connectivity index (χ2n) is 3.52. The quantitative estimate of drug-likeness (QED) is 0.644. The number of aromatic amines is 1. The average Bonchev–Trinajstić information content (AvgIpc) is 2.89. The molecule has 0 spiro atoms. The van der Waals surface area contributed by atoms with Crippen molar-refractivity contribution in [1.82, 2.24) is 4.98 Å². The smallest absolute Gasteiger partial charge is 0.189 e. The Labute approximate surface area is 99.7 Å². The molecule has 0 aliphatic heterocycles. The molecule has 3 heteroatoms. The summed E-state index contributed by atoms with van der Waals surface area (Å²) in [4.78, 5) is 14.9. The molecule has 0 atom stereocenters. The second-order valence-corrected chi connectivity index (χ2v) is 3.52. The Kier molecular flexibility index (Phi) is 3.40. The molecule has 86 valence electrons. The van der Waals surface area contributed by atoms with Crippen molar-refractivity contribution in [1.29, 1.82) is 0 Å². The van der Waals surface area contributed by atoms with E-state index >= 15 is 0 Å². The van der Waals surface area contributed by atoms with Crippen LogP contribution in [0.2, 0.25) is 0 Å². The van der Waals surface area contributed by atoms with Crippen molar-refractivity contribution in [2.75, 3.05) is 7.11 Å². The number of allylic oxidation sites excluding steroid dienone is 1. The van der Waals surface area contributed by atoms with Gasteiger partial charge in [-0.25, -0.2) is 0 Å². The van der Waals surface area contributed by atoms with Gasteiger partial charge in [-0.05, 0) is 36.4 Å². The van der Waals surface area contributed by atoms with Gasteiger partial charge in [0.15, 0.2) is 5.78 Å². The minimum Gasteiger partial charge on any atom is -0.496 e. The van der Waals surface area contributed by atoms with Crippen LogP contribution >= 0.6 is 0 Å². The van der Waals surface area contributed by atoms with Gasteiger partial charge in [-0.15, -0.1) is 0 Å². The average molecular weight is 227 g/mol. The van der Waals surface area contributed by atoms with Crippen LogP contribution in [0.3, 0.4) is 0 Å². The monoisotopic (exact) mass is 227 g/mol. The second kappa shape index (κ2) is 5.16. The fourth-order valence-electron chi connectivity index (χ4n) is 1.55. The molecule has 0 unspecified atom stereocenters. The number of carbonyl (C=O) groups is 1. The van der Waals surface area contributed by atoms with Gasteiger partial charge in [0, 0.05) is 11.9 Å². The molecule has 2 aromatic rings. The third-order valence-electron chi connectivity index (χ3n) is 2.41. The van der Waals surface area contributed by atoms with E-state index in [1.165, 1.54) is 6.08 Å². The molecule has 3 nitrogen and oxygen atoms in total. The molecule has 0 saturated carbocycles. The van der Waals surface area contributed by atoms with E-state index in [2.05, 4.69) is 4.98 Å². The maximum absolute atomic E-state index is 11.9. The number of nitrogens with one attached hydrogen (secondary N) is 1. The maximum Gasteiger partial charge on any atom is 0.189 e. The lowest BCUT2D eigenvalue weighted by molar-refractivity contribution is 0.104. The molecule has 0 saturated heterocycles. The van der Waals surface area contributed by atoms with Crippen molar-refractivity contribution >= 4 is 11.9 Å². The number of carbonyl (C=O) groups excluding carboxylic acids is 1. The Balaban J connectivity index is 2.20. The highest BCUT2D eigenvalue weighted by molar-refractivity contribution is 6.08. The first kappa shape index (κ1) is 11.2. The van der Waals surface area contributed by atoms with E-state index in [0.29, 0.717) is 11.3 Å². The van der Waals surface area contributed by atoms with E-state index in [-0.39, 0.29) is 5.78 Å². The van der Waals surface area contributed by atoms with E-state index in [9.17, 15) is 4.79 Å². The Morgan fingerprint density at radius 3 is 2.76 bits per heavy atom. The first-order valence-corrected chi connectivity index (χ1v) is 5.30. The highest BCUT2D eigenvalue weighted by Gasteiger charge is 2.07. The standard InChI is InChI=1S/C14H13NO2/c1-17-14-7-3-2-6-12(14)13(16)9-8-11-5-4-10-15-11/h2-10,15H,1H3/b9-8+. The van der Waals surface area contributed by atoms with Crippen LogP contribution in [0.4, 0.5) is 0 Å². The molecule has 2 rings (SSSR count). The highest BCUT2D eigenvalue weighted by Crippen LogP contribution is 2.18. The van der Waals surface area contributed by atoms with Crippen LogP contribution in [0.5, 0.6) is 5.75 Å². The largest absolute Gasteiger partial charge is 0.496 e. The molecule has 0 radical (unpaired) electrons. The predicted molar refractivity (Wildman–Crippen MR) is 67.2 cm³/mol. The SMILES string of the molecule is COc1ccccc1C(=O)/C=C/c1ccc[nH]1. The zero-order valence-electron chi connectivity index (χ0n) is 9.51. The van der Waals surface area contributed by atoms with Crippen molar-refractivity contribution in [3.05, 3.63) is 59.9 Å². The van der Waals surface area contributed by atoms with Gasteiger partial charge in [-0.2, -0.15) is 0 Å². The van der Waals surface area contributed by atoms with Crippen LogP contribution in [0.15, 0.2) is 48.7 Å². The highest BCUT2D eigenvalue weighted by atomic mass is 16.5. The van der Waals surface area contributed by atoms with Crippen molar-refractivity contribution in [3.63, 3.8) is 0 Å². The molecule has 17 heavy (non-hydrogen) atoms. The summed E-state index contributed by atoms with van der Waals surface area (Å²) in [6, 6.07) is 11.0. The van der Waals surface area contributed by atoms with Gasteiger partial charge in [0.2, 0.25) is 0 Å². The number of rotatable bonds is 4. The fraction of sp³-hybridized carbons (Fsp3) is 0.0714. The molecular weight excluding hydrogens is 214 g/mol. The van der Waals surface area contributed by atoms with Crippen molar-refractivity contribution in [2.24, 2.45) is 0 Å². The zero-order chi connectivity index (χ0) is 12.1. The van der Waals surface area contributed by atoms with E-state index < -0.39 is 0 Å². The van der Waals surface area contributed by atoms with Crippen molar-refractivity contribution in [2.45, 2.75) is 0 Å². The summed E-state index contributed by atoms with van der Waals surface area (Å²) < 4.78 is 5.14. The lowest BCUT2D eigenvalue weighted by Gasteiger charge is -2.04. The van der Waals surface area contributed by atoms with Crippen molar-refractivity contribution < 1.29 is 9.53 Å². The summed E-state index contributed by atoms with van der Waals surface area (Å²) in [6.45, 7) is 0. The number of para-hydroxylation sites is 1. The number of hydrogen-bond donors (Lipinski definition) is 1. The number of ketones is 1. The topological polar surface area (TPSA) is 42.1 Å². The van der Waals surface area contributed by atoms with Gasteiger partial charge < -0.3 is 9.72 Å². The Hall–Kier alpha value is -2.29. The van der Waals surface area contributed by atoms with Gasteiger partial charge in [0.1, 0.15) is 5.75 Å². The lowest BCUT2D eigenvalue weighted by atomic mass is 10.1. The zero-order valence-corrected chi connectivity index (χ0v) is 9.51. The fourth-order valence-corrected chi connectivity index (χ4v) is 1.55. The number of benzene rings is 1. The van der Waals surface area contributed by atoms with Gasteiger partial charge >= 0.3 is 0 Å². The third-order valence-corrected chi connectivity index (χ3v) is 2.41. The summed E-state index contributed by atoms with van der Waals surface area (Å²) in [5.74, 6) is 0.519. The Morgan fingerprint density at radius 1 is 1.24 bits per heavy atom. The van der Waals surface area contributed by atoms with Gasteiger partial charge in [-0.3, -0.25) is 4.79 Å². The summed E-state index contributed by atoms with van der Waals surface area (Å²) in [5.41, 5.74) is 1.46. The molecule has 0 aliphatic rings. The Morgan fingerprint density at radius 2 is 2.06 bits per heavy atom. The molecule has 0 aliphatic carbocycles. The van der Waals surface area contributed by atoms with Gasteiger partial charge in [-0.1, -0.05) is 12.1 Å². The molecule has 1 heterocycles. The third kappa shape index (κ3) is 2.64. The molecule has 1 aromatic carbocycles. The number of methoxy groups -OCH3 is 1. The lowest BCUT2D eigenvalue weighted by Crippen LogP contribution is -1.98. The molecular formula is C14H13NO2. The van der Waals surface area contributed by atoms with Crippen LogP contribution in [0.1, 0.15) is 16.1 Å². The molecule has 0 fully saturated rings. The minimum absolute atomic E-state index is 0.0722. The van der Waals surface area contributed by atoms with E-state index in [0.717, 1.165) is 5.69 Å². The van der Waals surface area contributed by atoms with Crippen LogP contribution in [0.25, 0.3) is 6.08 Å². The molecule has 1 aromatic heterocycles. The van der Waals surface area contributed by atoms with E-state index in [1.807, 2.05) is 30.5 Å². The van der Waals surface area contributed by atoms with Crippen LogP contribution in [-0.4, -0.2) is 17.9 Å². The van der Waals surface area contributed by atoms with E-state index in [4.69, 9.17) is 4.74 Å². The summed E-state index contributed by atoms with van der Waals surface area (Å²) in [5, 5.41) is 0. The van der Waals surface area contributed by atoms with Crippen LogP contribution in [-0.2, 0) is 0 Å². The molecule has 0 amide bonds. The summed E-state index contributed by atoms with van der Waals surface area (Å²) in [7, 11) is 1.56. The molecule has 0 bridgehead atoms. The van der Waals surface area contributed by atoms with Crippen molar-refractivity contribution in [3.8, 4) is 5.75 Å².